The average molecular weight is 436 g/mol. The third-order valence-electron chi connectivity index (χ3n) is 6.21. The van der Waals surface area contributed by atoms with Crippen LogP contribution in [0.25, 0.3) is 0 Å². The number of nitrogens with one attached hydrogen (secondary N) is 1. The van der Waals surface area contributed by atoms with Gasteiger partial charge in [-0.15, -0.1) is 0 Å². The van der Waals surface area contributed by atoms with E-state index in [1.807, 2.05) is 41.5 Å². The number of nitrogens with zero attached hydrogens (tertiary/aromatic N) is 2. The van der Waals surface area contributed by atoms with Crippen LogP contribution in [0.1, 0.15) is 58.6 Å². The number of hydrogen-bond donors (Lipinski definition) is 1. The zero-order chi connectivity index (χ0) is 22.4. The fourth-order valence-electron chi connectivity index (χ4n) is 4.50. The van der Waals surface area contributed by atoms with Gasteiger partial charge in [0, 0.05) is 31.6 Å². The van der Waals surface area contributed by atoms with E-state index in [0.717, 1.165) is 16.8 Å². The van der Waals surface area contributed by atoms with Gasteiger partial charge in [-0.2, -0.15) is 4.31 Å². The van der Waals surface area contributed by atoms with Crippen LogP contribution in [0.4, 0.5) is 5.69 Å². The lowest BCUT2D eigenvalue weighted by molar-refractivity contribution is -0.126. The van der Waals surface area contributed by atoms with E-state index in [0.29, 0.717) is 32.5 Å². The van der Waals surface area contributed by atoms with Crippen molar-refractivity contribution in [1.29, 1.82) is 0 Å². The van der Waals surface area contributed by atoms with E-state index in [-0.39, 0.29) is 28.7 Å². The molecule has 30 heavy (non-hydrogen) atoms. The topological polar surface area (TPSA) is 86.8 Å². The van der Waals surface area contributed by atoms with E-state index in [4.69, 9.17) is 0 Å². The van der Waals surface area contributed by atoms with Gasteiger partial charge in [-0.25, -0.2) is 8.42 Å². The minimum atomic E-state index is -3.70. The van der Waals surface area contributed by atoms with Crippen molar-refractivity contribution in [2.45, 2.75) is 70.7 Å². The van der Waals surface area contributed by atoms with E-state index in [9.17, 15) is 18.0 Å². The number of carbonyl (C=O) groups is 2. The van der Waals surface area contributed by atoms with Crippen molar-refractivity contribution in [2.75, 3.05) is 24.5 Å². The lowest BCUT2D eigenvalue weighted by Crippen LogP contribution is -2.44. The molecule has 2 aliphatic heterocycles. The molecule has 0 aliphatic carbocycles. The van der Waals surface area contributed by atoms with Gasteiger partial charge in [-0.3, -0.25) is 9.59 Å². The highest BCUT2D eigenvalue weighted by molar-refractivity contribution is 7.89. The Balaban J connectivity index is 1.87. The van der Waals surface area contributed by atoms with Crippen molar-refractivity contribution in [3.05, 3.63) is 23.3 Å². The second-order valence-electron chi connectivity index (χ2n) is 9.15. The first-order valence-electron chi connectivity index (χ1n) is 10.7. The van der Waals surface area contributed by atoms with E-state index in [2.05, 4.69) is 5.32 Å². The Kier molecular flexibility index (Phi) is 6.04. The first kappa shape index (κ1) is 22.7. The molecule has 1 fully saturated rings. The minimum Gasteiger partial charge on any atom is -0.354 e. The van der Waals surface area contributed by atoms with Crippen LogP contribution in [0.5, 0.6) is 0 Å². The largest absolute Gasteiger partial charge is 0.354 e. The molecule has 0 unspecified atom stereocenters. The number of aryl methyl sites for hydroxylation is 1. The van der Waals surface area contributed by atoms with Crippen LogP contribution in [-0.4, -0.2) is 50.2 Å². The van der Waals surface area contributed by atoms with Gasteiger partial charge in [-0.1, -0.05) is 0 Å². The number of fused-ring (bicyclic) bond motifs is 1. The number of benzene rings is 1. The molecule has 3 rings (SSSR count). The van der Waals surface area contributed by atoms with Crippen LogP contribution >= 0.6 is 0 Å². The average Bonchev–Trinajstić information content (AvgIpc) is 2.87. The van der Waals surface area contributed by atoms with E-state index >= 15 is 0 Å². The number of carbonyl (C=O) groups excluding carboxylic acids is 2. The maximum absolute atomic E-state index is 13.4. The maximum atomic E-state index is 13.4. The van der Waals surface area contributed by atoms with Gasteiger partial charge in [0.1, 0.15) is 0 Å². The summed E-state index contributed by atoms with van der Waals surface area (Å²) in [4.78, 5) is 27.0. The number of rotatable bonds is 5. The molecule has 0 spiro atoms. The molecule has 2 heterocycles. The summed E-state index contributed by atoms with van der Waals surface area (Å²) in [7, 11) is -3.70. The number of anilines is 1. The molecule has 1 N–H and O–H groups in total. The number of hydrogen-bond acceptors (Lipinski definition) is 4. The fraction of sp³-hybridized carbons (Fsp3) is 0.636. The highest BCUT2D eigenvalue weighted by Crippen LogP contribution is 2.45. The van der Waals surface area contributed by atoms with Gasteiger partial charge >= 0.3 is 0 Å². The fourth-order valence-corrected chi connectivity index (χ4v) is 6.08. The molecule has 2 amide bonds. The van der Waals surface area contributed by atoms with Gasteiger partial charge in [0.2, 0.25) is 21.8 Å². The molecule has 2 aliphatic rings. The van der Waals surface area contributed by atoms with Gasteiger partial charge in [0.25, 0.3) is 0 Å². The summed E-state index contributed by atoms with van der Waals surface area (Å²) >= 11 is 0. The first-order valence-corrected chi connectivity index (χ1v) is 12.1. The quantitative estimate of drug-likeness (QED) is 0.770. The molecule has 0 radical (unpaired) electrons. The number of piperidine rings is 1. The number of sulfonamides is 1. The van der Waals surface area contributed by atoms with Crippen molar-refractivity contribution in [1.82, 2.24) is 9.62 Å². The molecule has 1 saturated heterocycles. The van der Waals surface area contributed by atoms with Crippen LogP contribution in [0, 0.1) is 12.8 Å². The Morgan fingerprint density at radius 3 is 2.37 bits per heavy atom. The summed E-state index contributed by atoms with van der Waals surface area (Å²) in [5.41, 5.74) is 1.62. The van der Waals surface area contributed by atoms with E-state index < -0.39 is 15.4 Å². The third-order valence-corrected chi connectivity index (χ3v) is 8.08. The van der Waals surface area contributed by atoms with Gasteiger partial charge < -0.3 is 10.2 Å². The van der Waals surface area contributed by atoms with Crippen molar-refractivity contribution in [2.24, 2.45) is 5.92 Å². The standard InChI is InChI=1S/C22H33N3O4S/c1-7-25-19-15(4)12-17(13-18(19)22(5,6)21(25)27)30(28,29)24-10-8-16(9-11-24)20(26)23-14(2)3/h12-14,16H,7-11H2,1-6H3,(H,23,26). The van der Waals surface area contributed by atoms with Crippen molar-refractivity contribution < 1.29 is 18.0 Å². The summed E-state index contributed by atoms with van der Waals surface area (Å²) in [5.74, 6) is -0.166. The Morgan fingerprint density at radius 2 is 1.83 bits per heavy atom. The zero-order valence-electron chi connectivity index (χ0n) is 18.8. The molecular weight excluding hydrogens is 402 g/mol. The molecule has 0 bridgehead atoms. The van der Waals surface area contributed by atoms with Crippen molar-refractivity contribution in [3.8, 4) is 0 Å². The summed E-state index contributed by atoms with van der Waals surface area (Å²) < 4.78 is 28.2. The van der Waals surface area contributed by atoms with E-state index in [1.165, 1.54) is 4.31 Å². The normalized spacial score (nSPS) is 20.0. The lowest BCUT2D eigenvalue weighted by Gasteiger charge is -2.31. The predicted octanol–water partition coefficient (Wildman–Crippen LogP) is 2.56. The summed E-state index contributed by atoms with van der Waals surface area (Å²) in [5, 5.41) is 2.91. The summed E-state index contributed by atoms with van der Waals surface area (Å²) in [6, 6.07) is 3.41. The molecule has 0 aromatic heterocycles. The Labute approximate surface area is 179 Å². The molecule has 8 heteroatoms. The number of amides is 2. The van der Waals surface area contributed by atoms with E-state index in [1.54, 1.807) is 17.0 Å². The van der Waals surface area contributed by atoms with Crippen LogP contribution in [0.3, 0.4) is 0 Å². The van der Waals surface area contributed by atoms with Gasteiger partial charge in [-0.05, 0) is 77.6 Å². The third kappa shape index (κ3) is 3.75. The summed E-state index contributed by atoms with van der Waals surface area (Å²) in [6.45, 7) is 12.5. The second-order valence-corrected chi connectivity index (χ2v) is 11.1. The molecule has 1 aromatic carbocycles. The van der Waals surface area contributed by atoms with Crippen LogP contribution in [0.15, 0.2) is 17.0 Å². The highest BCUT2D eigenvalue weighted by atomic mass is 32.2. The van der Waals surface area contributed by atoms with Crippen LogP contribution in [0.2, 0.25) is 0 Å². The first-order chi connectivity index (χ1) is 13.9. The molecule has 7 nitrogen and oxygen atoms in total. The Morgan fingerprint density at radius 1 is 1.23 bits per heavy atom. The highest BCUT2D eigenvalue weighted by Gasteiger charge is 2.45. The lowest BCUT2D eigenvalue weighted by atomic mass is 9.85. The van der Waals surface area contributed by atoms with Gasteiger partial charge in [0.05, 0.1) is 16.0 Å². The molecular formula is C22H33N3O4S. The molecule has 1 aromatic rings. The van der Waals surface area contributed by atoms with Crippen molar-refractivity contribution in [3.63, 3.8) is 0 Å². The molecule has 0 atom stereocenters. The predicted molar refractivity (Wildman–Crippen MR) is 117 cm³/mol. The SMILES string of the molecule is CCN1C(=O)C(C)(C)c2cc(S(=O)(=O)N3CCC(C(=O)NC(C)C)CC3)cc(C)c21. The zero-order valence-corrected chi connectivity index (χ0v) is 19.6. The monoisotopic (exact) mass is 435 g/mol. The maximum Gasteiger partial charge on any atom is 0.243 e. The Hall–Kier alpha value is -1.93. The van der Waals surface area contributed by atoms with Crippen molar-refractivity contribution >= 4 is 27.5 Å². The minimum absolute atomic E-state index is 0.00431. The second kappa shape index (κ2) is 7.96. The smallest absolute Gasteiger partial charge is 0.243 e. The van der Waals surface area contributed by atoms with Crippen LogP contribution in [-0.2, 0) is 25.0 Å². The molecule has 166 valence electrons. The summed E-state index contributed by atoms with van der Waals surface area (Å²) in [6.07, 6.45) is 1.02. The van der Waals surface area contributed by atoms with Gasteiger partial charge in [0.15, 0.2) is 0 Å². The van der Waals surface area contributed by atoms with Crippen LogP contribution < -0.4 is 10.2 Å². The Bertz CT molecular complexity index is 961. The molecule has 0 saturated carbocycles. The number of likely N-dealkylation sites (N-methyl/N-ethyl adjacent to an activating group) is 1.